The lowest BCUT2D eigenvalue weighted by Crippen LogP contribution is -2.15. The topological polar surface area (TPSA) is 67.7 Å². The van der Waals surface area contributed by atoms with Crippen LogP contribution >= 0.6 is 0 Å². The number of rotatable bonds is 3. The number of benzene rings is 1. The smallest absolute Gasteiger partial charge is 0.155 e. The highest BCUT2D eigenvalue weighted by Gasteiger charge is 2.18. The van der Waals surface area contributed by atoms with Crippen LogP contribution in [0.5, 0.6) is 0 Å². The second-order valence-electron chi connectivity index (χ2n) is 7.20. The number of aromatic nitrogens is 3. The second kappa shape index (κ2) is 7.56. The summed E-state index contributed by atoms with van der Waals surface area (Å²) in [5.41, 5.74) is 3.71. The summed E-state index contributed by atoms with van der Waals surface area (Å²) < 4.78 is 3.83. The summed E-state index contributed by atoms with van der Waals surface area (Å²) >= 11 is 0. The molecule has 1 unspecified atom stereocenters. The Hall–Kier alpha value is -2.99. The number of hydrogen-bond acceptors (Lipinski definition) is 3. The summed E-state index contributed by atoms with van der Waals surface area (Å²) in [6.07, 6.45) is 9.86. The predicted octanol–water partition coefficient (Wildman–Crippen LogP) is 4.14. The van der Waals surface area contributed by atoms with Gasteiger partial charge in [-0.3, -0.25) is 0 Å². The minimum atomic E-state index is -0.0293. The lowest BCUT2D eigenvalue weighted by Gasteiger charge is -2.11. The van der Waals surface area contributed by atoms with Gasteiger partial charge in [-0.25, -0.2) is 14.7 Å². The van der Waals surface area contributed by atoms with Gasteiger partial charge in [0.05, 0.1) is 18.0 Å². The number of fused-ring (bicyclic) bond motifs is 1. The predicted molar refractivity (Wildman–Crippen MR) is 113 cm³/mol. The summed E-state index contributed by atoms with van der Waals surface area (Å²) in [4.78, 5) is 9.77. The van der Waals surface area contributed by atoms with Gasteiger partial charge in [0.25, 0.3) is 0 Å². The zero-order valence-electron chi connectivity index (χ0n) is 16.5. The molecular weight excluding hydrogens is 350 g/mol. The van der Waals surface area contributed by atoms with Crippen LogP contribution in [0.3, 0.4) is 0 Å². The third-order valence-corrected chi connectivity index (χ3v) is 5.29. The normalized spacial score (nSPS) is 18.6. The van der Waals surface area contributed by atoms with Crippen molar-refractivity contribution in [2.75, 3.05) is 0 Å². The fourth-order valence-corrected chi connectivity index (χ4v) is 3.52. The van der Waals surface area contributed by atoms with Crippen LogP contribution in [-0.4, -0.2) is 31.1 Å². The Bertz CT molecular complexity index is 1100. The fourth-order valence-electron chi connectivity index (χ4n) is 3.52. The van der Waals surface area contributed by atoms with Crippen molar-refractivity contribution >= 4 is 28.3 Å². The van der Waals surface area contributed by atoms with E-state index in [-0.39, 0.29) is 12.5 Å². The van der Waals surface area contributed by atoms with E-state index in [0.29, 0.717) is 0 Å². The van der Waals surface area contributed by atoms with Crippen LogP contribution in [0.15, 0.2) is 58.8 Å². The maximum atomic E-state index is 9.46. The standard InChI is InChI=1S/C22H25N5O/c1-4-16-6-5-7-21(27-13-18(14-28)15(2)25-27)24-22(16)23-19-8-9-20-17(12-19)10-11-26(20)3/h5,7-13,16,28H,4,6,14H2,1-3H3. The van der Waals surface area contributed by atoms with Crippen LogP contribution in [0.2, 0.25) is 0 Å². The number of aliphatic hydroxyl groups excluding tert-OH is 1. The van der Waals surface area contributed by atoms with E-state index in [4.69, 9.17) is 9.98 Å². The summed E-state index contributed by atoms with van der Waals surface area (Å²) in [6.45, 7) is 4.03. The highest BCUT2D eigenvalue weighted by Crippen LogP contribution is 2.25. The van der Waals surface area contributed by atoms with Gasteiger partial charge in [-0.1, -0.05) is 13.0 Å². The third-order valence-electron chi connectivity index (χ3n) is 5.29. The van der Waals surface area contributed by atoms with Crippen molar-refractivity contribution in [3.63, 3.8) is 0 Å². The number of nitrogens with zero attached hydrogens (tertiary/aromatic N) is 5. The monoisotopic (exact) mass is 375 g/mol. The lowest BCUT2D eigenvalue weighted by atomic mass is 10.0. The first kappa shape index (κ1) is 18.4. The van der Waals surface area contributed by atoms with Crippen LogP contribution < -0.4 is 0 Å². The molecule has 0 bridgehead atoms. The van der Waals surface area contributed by atoms with Crippen LogP contribution in [-0.2, 0) is 13.7 Å². The van der Waals surface area contributed by atoms with Gasteiger partial charge < -0.3 is 9.67 Å². The zero-order valence-corrected chi connectivity index (χ0v) is 16.5. The van der Waals surface area contributed by atoms with Crippen LogP contribution in [0.4, 0.5) is 5.69 Å². The van der Waals surface area contributed by atoms with Crippen molar-refractivity contribution < 1.29 is 5.11 Å². The van der Waals surface area contributed by atoms with Crippen molar-refractivity contribution in [2.24, 2.45) is 23.0 Å². The maximum Gasteiger partial charge on any atom is 0.155 e. The van der Waals surface area contributed by atoms with Crippen LogP contribution in [0, 0.1) is 12.8 Å². The van der Waals surface area contributed by atoms with Gasteiger partial charge in [0.1, 0.15) is 5.84 Å². The van der Waals surface area contributed by atoms with Crippen molar-refractivity contribution in [1.82, 2.24) is 14.3 Å². The number of aliphatic imine (C=N–C) groups is 2. The van der Waals surface area contributed by atoms with E-state index in [1.54, 1.807) is 4.68 Å². The van der Waals surface area contributed by atoms with E-state index in [9.17, 15) is 5.11 Å². The molecule has 144 valence electrons. The molecule has 6 heteroatoms. The Morgan fingerprint density at radius 1 is 1.29 bits per heavy atom. The number of allylic oxidation sites excluding steroid dienone is 2. The number of amidine groups is 1. The molecule has 1 aromatic carbocycles. The molecule has 0 saturated carbocycles. The maximum absolute atomic E-state index is 9.46. The van der Waals surface area contributed by atoms with E-state index in [2.05, 4.69) is 47.1 Å². The molecule has 6 nitrogen and oxygen atoms in total. The summed E-state index contributed by atoms with van der Waals surface area (Å²) in [5, 5.41) is 15.1. The van der Waals surface area contributed by atoms with Crippen molar-refractivity contribution in [3.8, 4) is 0 Å². The number of hydrogen-bond donors (Lipinski definition) is 1. The molecule has 3 aromatic rings. The zero-order chi connectivity index (χ0) is 19.7. The van der Waals surface area contributed by atoms with Gasteiger partial charge in [-0.2, -0.15) is 5.10 Å². The minimum absolute atomic E-state index is 0.0293. The molecule has 0 saturated heterocycles. The molecule has 0 fully saturated rings. The number of aryl methyl sites for hydroxylation is 2. The van der Waals surface area contributed by atoms with E-state index in [1.807, 2.05) is 32.3 Å². The molecule has 0 spiro atoms. The van der Waals surface area contributed by atoms with E-state index in [1.165, 1.54) is 10.9 Å². The Morgan fingerprint density at radius 3 is 2.89 bits per heavy atom. The van der Waals surface area contributed by atoms with Gasteiger partial charge in [0, 0.05) is 41.8 Å². The Labute approximate surface area is 164 Å². The highest BCUT2D eigenvalue weighted by molar-refractivity contribution is 6.05. The quantitative estimate of drug-likeness (QED) is 0.748. The number of aliphatic hydroxyl groups is 1. The molecule has 1 N–H and O–H groups in total. The van der Waals surface area contributed by atoms with Gasteiger partial charge in [0.2, 0.25) is 0 Å². The summed E-state index contributed by atoms with van der Waals surface area (Å²) in [6, 6.07) is 8.34. The van der Waals surface area contributed by atoms with Crippen LogP contribution in [0.25, 0.3) is 10.9 Å². The lowest BCUT2D eigenvalue weighted by molar-refractivity contribution is 0.281. The molecule has 1 aliphatic heterocycles. The summed E-state index contributed by atoms with van der Waals surface area (Å²) in [5.74, 6) is 1.80. The van der Waals surface area contributed by atoms with Gasteiger partial charge in [0.15, 0.2) is 5.84 Å². The Kier molecular flexibility index (Phi) is 4.96. The average molecular weight is 375 g/mol. The van der Waals surface area contributed by atoms with Crippen molar-refractivity contribution in [3.05, 3.63) is 60.1 Å². The third kappa shape index (κ3) is 3.43. The molecule has 0 aliphatic carbocycles. The molecule has 0 radical (unpaired) electrons. The van der Waals surface area contributed by atoms with E-state index in [0.717, 1.165) is 41.5 Å². The fraction of sp³-hybridized carbons (Fsp3) is 0.318. The molecule has 3 heterocycles. The van der Waals surface area contributed by atoms with E-state index < -0.39 is 0 Å². The molecule has 1 aliphatic rings. The summed E-state index contributed by atoms with van der Waals surface area (Å²) in [7, 11) is 2.04. The first-order valence-corrected chi connectivity index (χ1v) is 9.64. The van der Waals surface area contributed by atoms with Gasteiger partial charge >= 0.3 is 0 Å². The molecular formula is C22H25N5O. The first-order valence-electron chi connectivity index (χ1n) is 9.64. The molecule has 4 rings (SSSR count). The van der Waals surface area contributed by atoms with Gasteiger partial charge in [-0.05, 0) is 50.1 Å². The average Bonchev–Trinajstić information content (AvgIpc) is 3.18. The molecule has 2 aromatic heterocycles. The van der Waals surface area contributed by atoms with Crippen LogP contribution in [0.1, 0.15) is 31.0 Å². The van der Waals surface area contributed by atoms with Crippen molar-refractivity contribution in [1.29, 1.82) is 0 Å². The SMILES string of the molecule is CCC1CC=CC(n2cc(CO)c(C)n2)=NC1=Nc1ccc2c(ccn2C)c1. The Morgan fingerprint density at radius 2 is 2.14 bits per heavy atom. The molecule has 0 amide bonds. The molecule has 28 heavy (non-hydrogen) atoms. The Balaban J connectivity index is 1.77. The largest absolute Gasteiger partial charge is 0.392 e. The first-order chi connectivity index (χ1) is 13.6. The highest BCUT2D eigenvalue weighted by atomic mass is 16.3. The van der Waals surface area contributed by atoms with Crippen molar-refractivity contribution in [2.45, 2.75) is 33.3 Å². The van der Waals surface area contributed by atoms with Gasteiger partial charge in [-0.15, -0.1) is 0 Å². The van der Waals surface area contributed by atoms with E-state index >= 15 is 0 Å². The minimum Gasteiger partial charge on any atom is -0.392 e. The second-order valence-corrected chi connectivity index (χ2v) is 7.20. The molecule has 1 atom stereocenters.